The maximum Gasteiger partial charge on any atom is 0.0213 e. The van der Waals surface area contributed by atoms with Crippen molar-refractivity contribution in [2.75, 3.05) is 0 Å². The van der Waals surface area contributed by atoms with Crippen molar-refractivity contribution < 1.29 is 0 Å². The van der Waals surface area contributed by atoms with Crippen molar-refractivity contribution >= 4 is 0 Å². The second-order valence-corrected chi connectivity index (χ2v) is 6.23. The standard InChI is InChI=1S/C17H27N/c1-12-6-5-7-16(10-12)18-11-17-14(3)8-13(2)9-15(17)4/h8-9,12,16,18H,5-7,10-11H2,1-4H3. The van der Waals surface area contributed by atoms with Crippen molar-refractivity contribution in [3.63, 3.8) is 0 Å². The highest BCUT2D eigenvalue weighted by Gasteiger charge is 2.18. The van der Waals surface area contributed by atoms with Crippen LogP contribution >= 0.6 is 0 Å². The van der Waals surface area contributed by atoms with Gasteiger partial charge in [-0.1, -0.05) is 37.5 Å². The Morgan fingerprint density at radius 3 is 2.39 bits per heavy atom. The van der Waals surface area contributed by atoms with Gasteiger partial charge in [0.15, 0.2) is 0 Å². The van der Waals surface area contributed by atoms with Gasteiger partial charge in [0.05, 0.1) is 0 Å². The van der Waals surface area contributed by atoms with Crippen LogP contribution < -0.4 is 5.32 Å². The van der Waals surface area contributed by atoms with E-state index in [0.29, 0.717) is 0 Å². The largest absolute Gasteiger partial charge is 0.310 e. The third kappa shape index (κ3) is 3.35. The fourth-order valence-corrected chi connectivity index (χ4v) is 3.35. The summed E-state index contributed by atoms with van der Waals surface area (Å²) in [4.78, 5) is 0. The first-order chi connectivity index (χ1) is 8.56. The molecule has 18 heavy (non-hydrogen) atoms. The van der Waals surface area contributed by atoms with Crippen LogP contribution in [0.25, 0.3) is 0 Å². The van der Waals surface area contributed by atoms with Gasteiger partial charge < -0.3 is 5.32 Å². The second-order valence-electron chi connectivity index (χ2n) is 6.23. The molecule has 0 aliphatic heterocycles. The summed E-state index contributed by atoms with van der Waals surface area (Å²) in [5, 5.41) is 3.77. The van der Waals surface area contributed by atoms with E-state index in [2.05, 4.69) is 45.1 Å². The molecule has 0 aromatic heterocycles. The number of hydrogen-bond donors (Lipinski definition) is 1. The van der Waals surface area contributed by atoms with Crippen molar-refractivity contribution in [2.45, 2.75) is 66.0 Å². The van der Waals surface area contributed by atoms with E-state index < -0.39 is 0 Å². The van der Waals surface area contributed by atoms with E-state index in [-0.39, 0.29) is 0 Å². The van der Waals surface area contributed by atoms with Crippen molar-refractivity contribution in [2.24, 2.45) is 5.92 Å². The summed E-state index contributed by atoms with van der Waals surface area (Å²) in [6, 6.07) is 5.33. The third-order valence-corrected chi connectivity index (χ3v) is 4.34. The summed E-state index contributed by atoms with van der Waals surface area (Å²) in [6.45, 7) is 10.1. The minimum atomic E-state index is 0.730. The van der Waals surface area contributed by atoms with E-state index in [1.807, 2.05) is 0 Å². The van der Waals surface area contributed by atoms with E-state index in [9.17, 15) is 0 Å². The maximum absolute atomic E-state index is 3.77. The highest BCUT2D eigenvalue weighted by Crippen LogP contribution is 2.24. The van der Waals surface area contributed by atoms with Crippen molar-refractivity contribution in [3.8, 4) is 0 Å². The molecule has 1 aromatic carbocycles. The lowest BCUT2D eigenvalue weighted by atomic mass is 9.87. The molecule has 2 atom stereocenters. The van der Waals surface area contributed by atoms with E-state index in [4.69, 9.17) is 0 Å². The predicted molar refractivity (Wildman–Crippen MR) is 78.9 cm³/mol. The normalized spacial score (nSPS) is 24.2. The van der Waals surface area contributed by atoms with Gasteiger partial charge in [-0.05, 0) is 56.2 Å². The van der Waals surface area contributed by atoms with Crippen molar-refractivity contribution in [1.82, 2.24) is 5.32 Å². The lowest BCUT2D eigenvalue weighted by Crippen LogP contribution is -2.33. The molecule has 0 spiro atoms. The monoisotopic (exact) mass is 245 g/mol. The molecule has 1 aromatic rings. The Morgan fingerprint density at radius 2 is 1.78 bits per heavy atom. The smallest absolute Gasteiger partial charge is 0.0213 e. The summed E-state index contributed by atoms with van der Waals surface area (Å²) in [5.41, 5.74) is 5.74. The van der Waals surface area contributed by atoms with Gasteiger partial charge in [0.2, 0.25) is 0 Å². The van der Waals surface area contributed by atoms with Crippen LogP contribution in [-0.4, -0.2) is 6.04 Å². The van der Waals surface area contributed by atoms with Gasteiger partial charge in [-0.3, -0.25) is 0 Å². The Bertz CT molecular complexity index is 385. The molecule has 1 N–H and O–H groups in total. The molecular weight excluding hydrogens is 218 g/mol. The van der Waals surface area contributed by atoms with E-state index in [0.717, 1.165) is 18.5 Å². The fraction of sp³-hybridized carbons (Fsp3) is 0.647. The topological polar surface area (TPSA) is 12.0 Å². The van der Waals surface area contributed by atoms with Crippen molar-refractivity contribution in [1.29, 1.82) is 0 Å². The second kappa shape index (κ2) is 5.88. The first kappa shape index (κ1) is 13.6. The molecule has 1 heteroatoms. The molecule has 100 valence electrons. The fourth-order valence-electron chi connectivity index (χ4n) is 3.35. The van der Waals surface area contributed by atoms with Crippen LogP contribution in [0.15, 0.2) is 12.1 Å². The molecule has 0 saturated heterocycles. The summed E-state index contributed by atoms with van der Waals surface area (Å²) in [5.74, 6) is 0.900. The van der Waals surface area contributed by atoms with E-state index in [1.54, 1.807) is 0 Å². The molecule has 1 aliphatic rings. The predicted octanol–water partition coefficient (Wildman–Crippen LogP) is 4.28. The van der Waals surface area contributed by atoms with Gasteiger partial charge in [0.25, 0.3) is 0 Å². The Labute approximate surface area is 112 Å². The molecule has 0 radical (unpaired) electrons. The lowest BCUT2D eigenvalue weighted by Gasteiger charge is -2.28. The molecule has 1 fully saturated rings. The molecular formula is C17H27N. The van der Waals surface area contributed by atoms with Crippen LogP contribution in [0.2, 0.25) is 0 Å². The molecule has 1 nitrogen and oxygen atoms in total. The van der Waals surface area contributed by atoms with Gasteiger partial charge in [0, 0.05) is 12.6 Å². The highest BCUT2D eigenvalue weighted by atomic mass is 14.9. The number of nitrogens with one attached hydrogen (secondary N) is 1. The van der Waals surface area contributed by atoms with Crippen LogP contribution in [0.4, 0.5) is 0 Å². The van der Waals surface area contributed by atoms with Crippen LogP contribution in [0.5, 0.6) is 0 Å². The van der Waals surface area contributed by atoms with Crippen LogP contribution in [-0.2, 0) is 6.54 Å². The Morgan fingerprint density at radius 1 is 1.11 bits per heavy atom. The Kier molecular flexibility index (Phi) is 4.45. The molecule has 1 aliphatic carbocycles. The van der Waals surface area contributed by atoms with Gasteiger partial charge in [0.1, 0.15) is 0 Å². The van der Waals surface area contributed by atoms with E-state index >= 15 is 0 Å². The zero-order valence-corrected chi connectivity index (χ0v) is 12.3. The lowest BCUT2D eigenvalue weighted by molar-refractivity contribution is 0.300. The SMILES string of the molecule is Cc1cc(C)c(CNC2CCCC(C)C2)c(C)c1. The zero-order valence-electron chi connectivity index (χ0n) is 12.3. The van der Waals surface area contributed by atoms with E-state index in [1.165, 1.54) is 47.9 Å². The van der Waals surface area contributed by atoms with Gasteiger partial charge in [-0.25, -0.2) is 0 Å². The first-order valence-corrected chi connectivity index (χ1v) is 7.36. The van der Waals surface area contributed by atoms with Crippen molar-refractivity contribution in [3.05, 3.63) is 34.4 Å². The average molecular weight is 245 g/mol. The minimum absolute atomic E-state index is 0.730. The zero-order chi connectivity index (χ0) is 13.1. The number of hydrogen-bond acceptors (Lipinski definition) is 1. The molecule has 0 heterocycles. The van der Waals surface area contributed by atoms with Gasteiger partial charge in [-0.15, -0.1) is 0 Å². The van der Waals surface area contributed by atoms with Crippen LogP contribution in [0.3, 0.4) is 0 Å². The molecule has 2 unspecified atom stereocenters. The number of aryl methyl sites for hydroxylation is 3. The quantitative estimate of drug-likeness (QED) is 0.838. The Hall–Kier alpha value is -0.820. The number of benzene rings is 1. The number of rotatable bonds is 3. The molecule has 0 amide bonds. The minimum Gasteiger partial charge on any atom is -0.310 e. The summed E-state index contributed by atoms with van der Waals surface area (Å²) < 4.78 is 0. The van der Waals surface area contributed by atoms with Gasteiger partial charge >= 0.3 is 0 Å². The molecule has 2 rings (SSSR count). The summed E-state index contributed by atoms with van der Waals surface area (Å²) in [7, 11) is 0. The van der Waals surface area contributed by atoms with Crippen LogP contribution in [0, 0.1) is 26.7 Å². The van der Waals surface area contributed by atoms with Crippen LogP contribution in [0.1, 0.15) is 54.9 Å². The maximum atomic E-state index is 3.77. The van der Waals surface area contributed by atoms with Gasteiger partial charge in [-0.2, -0.15) is 0 Å². The Balaban J connectivity index is 1.97. The molecule has 1 saturated carbocycles. The third-order valence-electron chi connectivity index (χ3n) is 4.34. The average Bonchev–Trinajstić information content (AvgIpc) is 2.27. The highest BCUT2D eigenvalue weighted by molar-refractivity contribution is 5.37. The molecule has 0 bridgehead atoms. The summed E-state index contributed by atoms with van der Waals surface area (Å²) >= 11 is 0. The first-order valence-electron chi connectivity index (χ1n) is 7.36. The summed E-state index contributed by atoms with van der Waals surface area (Å²) in [6.07, 6.45) is 5.52.